The maximum Gasteiger partial charge on any atom is 0.255 e. The van der Waals surface area contributed by atoms with Gasteiger partial charge in [0.15, 0.2) is 0 Å². The van der Waals surface area contributed by atoms with E-state index in [4.69, 9.17) is 27.9 Å². The third-order valence-corrected chi connectivity index (χ3v) is 5.02. The fourth-order valence-electron chi connectivity index (χ4n) is 3.31. The van der Waals surface area contributed by atoms with Gasteiger partial charge in [-0.25, -0.2) is 0 Å². The monoisotopic (exact) mass is 364 g/mol. The standard InChI is InChI=1S/C15H18Cl2N2O2.ClH/c1-21-14-7-13(17)12(16)6-11(14)15(20)19-10-4-8-2-3-9(5-10)18-8;/h6-10,18H,2-5H2,1H3,(H,19,20);1H. The third-order valence-electron chi connectivity index (χ3n) is 4.30. The first-order chi connectivity index (χ1) is 10.1. The highest BCUT2D eigenvalue weighted by Gasteiger charge is 2.34. The lowest BCUT2D eigenvalue weighted by molar-refractivity contribution is 0.0921. The van der Waals surface area contributed by atoms with Crippen molar-refractivity contribution in [2.75, 3.05) is 7.11 Å². The lowest BCUT2D eigenvalue weighted by Crippen LogP contribution is -2.48. The molecule has 2 aliphatic rings. The topological polar surface area (TPSA) is 50.4 Å². The van der Waals surface area contributed by atoms with E-state index in [0.717, 1.165) is 12.8 Å². The first kappa shape index (κ1) is 17.7. The molecule has 122 valence electrons. The van der Waals surface area contributed by atoms with Crippen LogP contribution in [0.2, 0.25) is 10.0 Å². The van der Waals surface area contributed by atoms with Crippen LogP contribution in [-0.4, -0.2) is 31.1 Å². The van der Waals surface area contributed by atoms with Gasteiger partial charge < -0.3 is 15.4 Å². The molecule has 0 aromatic heterocycles. The molecule has 2 heterocycles. The van der Waals surface area contributed by atoms with Gasteiger partial charge in [-0.2, -0.15) is 0 Å². The Morgan fingerprint density at radius 3 is 2.41 bits per heavy atom. The minimum Gasteiger partial charge on any atom is -0.496 e. The molecule has 7 heteroatoms. The molecule has 3 rings (SSSR count). The Morgan fingerprint density at radius 2 is 1.82 bits per heavy atom. The Labute approximate surface area is 146 Å². The zero-order valence-electron chi connectivity index (χ0n) is 12.2. The summed E-state index contributed by atoms with van der Waals surface area (Å²) in [5.41, 5.74) is 0.428. The summed E-state index contributed by atoms with van der Waals surface area (Å²) in [6.07, 6.45) is 4.36. The number of hydrogen-bond donors (Lipinski definition) is 2. The van der Waals surface area contributed by atoms with Gasteiger partial charge in [0.05, 0.1) is 22.7 Å². The fourth-order valence-corrected chi connectivity index (χ4v) is 3.63. The molecule has 2 bridgehead atoms. The Hall–Kier alpha value is -0.680. The van der Waals surface area contributed by atoms with E-state index in [-0.39, 0.29) is 24.4 Å². The van der Waals surface area contributed by atoms with E-state index in [1.807, 2.05) is 0 Å². The van der Waals surface area contributed by atoms with E-state index in [1.165, 1.54) is 20.0 Å². The molecule has 0 spiro atoms. The second-order valence-corrected chi connectivity index (χ2v) is 6.56. The van der Waals surface area contributed by atoms with E-state index in [1.54, 1.807) is 12.1 Å². The van der Waals surface area contributed by atoms with Gasteiger partial charge in [0.2, 0.25) is 0 Å². The van der Waals surface area contributed by atoms with Crippen molar-refractivity contribution in [2.45, 2.75) is 43.8 Å². The number of carbonyl (C=O) groups excluding carboxylic acids is 1. The highest BCUT2D eigenvalue weighted by Crippen LogP contribution is 2.31. The molecule has 2 aliphatic heterocycles. The third kappa shape index (κ3) is 3.62. The fraction of sp³-hybridized carbons (Fsp3) is 0.533. The van der Waals surface area contributed by atoms with Crippen molar-refractivity contribution in [3.8, 4) is 5.75 Å². The van der Waals surface area contributed by atoms with Crippen molar-refractivity contribution in [3.63, 3.8) is 0 Å². The minimum atomic E-state index is -0.156. The van der Waals surface area contributed by atoms with Crippen LogP contribution in [0, 0.1) is 0 Å². The van der Waals surface area contributed by atoms with Crippen molar-refractivity contribution in [3.05, 3.63) is 27.7 Å². The van der Waals surface area contributed by atoms with Gasteiger partial charge in [0, 0.05) is 24.2 Å². The number of rotatable bonds is 3. The first-order valence-electron chi connectivity index (χ1n) is 7.16. The zero-order valence-corrected chi connectivity index (χ0v) is 14.5. The van der Waals surface area contributed by atoms with E-state index in [0.29, 0.717) is 33.4 Å². The molecule has 0 saturated carbocycles. The van der Waals surface area contributed by atoms with Crippen LogP contribution in [0.3, 0.4) is 0 Å². The van der Waals surface area contributed by atoms with E-state index in [2.05, 4.69) is 10.6 Å². The van der Waals surface area contributed by atoms with Gasteiger partial charge >= 0.3 is 0 Å². The lowest BCUT2D eigenvalue weighted by atomic mass is 9.99. The number of nitrogens with one attached hydrogen (secondary N) is 2. The predicted octanol–water partition coefficient (Wildman–Crippen LogP) is 3.44. The Morgan fingerprint density at radius 1 is 1.23 bits per heavy atom. The number of halogens is 3. The largest absolute Gasteiger partial charge is 0.496 e. The Kier molecular flexibility index (Phi) is 5.83. The minimum absolute atomic E-state index is 0. The first-order valence-corrected chi connectivity index (χ1v) is 7.92. The van der Waals surface area contributed by atoms with Crippen LogP contribution in [0.4, 0.5) is 0 Å². The molecule has 0 radical (unpaired) electrons. The number of fused-ring (bicyclic) bond motifs is 2. The van der Waals surface area contributed by atoms with E-state index >= 15 is 0 Å². The molecule has 1 amide bonds. The predicted molar refractivity (Wildman–Crippen MR) is 90.7 cm³/mol. The molecule has 1 aromatic rings. The normalized spacial score (nSPS) is 26.2. The summed E-state index contributed by atoms with van der Waals surface area (Å²) < 4.78 is 5.23. The Balaban J connectivity index is 0.00000176. The van der Waals surface area contributed by atoms with Crippen LogP contribution >= 0.6 is 35.6 Å². The molecular formula is C15H19Cl3N2O2. The van der Waals surface area contributed by atoms with Crippen LogP contribution in [0.15, 0.2) is 12.1 Å². The number of methoxy groups -OCH3 is 1. The van der Waals surface area contributed by atoms with Gasteiger partial charge in [-0.3, -0.25) is 4.79 Å². The van der Waals surface area contributed by atoms with Gasteiger partial charge in [0.1, 0.15) is 5.75 Å². The number of carbonyl (C=O) groups is 1. The number of hydrogen-bond acceptors (Lipinski definition) is 3. The molecule has 2 N–H and O–H groups in total. The maximum atomic E-state index is 12.5. The Bertz CT molecular complexity index is 556. The molecule has 2 unspecified atom stereocenters. The number of benzene rings is 1. The van der Waals surface area contributed by atoms with Crippen LogP contribution in [0.25, 0.3) is 0 Å². The molecule has 4 nitrogen and oxygen atoms in total. The smallest absolute Gasteiger partial charge is 0.255 e. The van der Waals surface area contributed by atoms with Crippen LogP contribution in [0.5, 0.6) is 5.75 Å². The maximum absolute atomic E-state index is 12.5. The summed E-state index contributed by atoms with van der Waals surface area (Å²) in [6, 6.07) is 4.41. The zero-order chi connectivity index (χ0) is 15.0. The summed E-state index contributed by atoms with van der Waals surface area (Å²) in [6.45, 7) is 0. The number of ether oxygens (including phenoxy) is 1. The van der Waals surface area contributed by atoms with Crippen molar-refractivity contribution in [1.82, 2.24) is 10.6 Å². The van der Waals surface area contributed by atoms with Gasteiger partial charge in [-0.1, -0.05) is 23.2 Å². The van der Waals surface area contributed by atoms with Gasteiger partial charge in [0.25, 0.3) is 5.91 Å². The van der Waals surface area contributed by atoms with Gasteiger partial charge in [-0.15, -0.1) is 12.4 Å². The molecule has 22 heavy (non-hydrogen) atoms. The summed E-state index contributed by atoms with van der Waals surface area (Å²) in [7, 11) is 1.51. The van der Waals surface area contributed by atoms with Crippen molar-refractivity contribution < 1.29 is 9.53 Å². The van der Waals surface area contributed by atoms with Crippen LogP contribution < -0.4 is 15.4 Å². The molecule has 2 atom stereocenters. The molecule has 2 saturated heterocycles. The molecular weight excluding hydrogens is 347 g/mol. The second kappa shape index (κ2) is 7.26. The van der Waals surface area contributed by atoms with Crippen molar-refractivity contribution in [1.29, 1.82) is 0 Å². The number of piperidine rings is 1. The van der Waals surface area contributed by atoms with Crippen LogP contribution in [-0.2, 0) is 0 Å². The summed E-state index contributed by atoms with van der Waals surface area (Å²) in [5, 5.41) is 7.39. The average Bonchev–Trinajstić information content (AvgIpc) is 2.80. The molecule has 1 aromatic carbocycles. The second-order valence-electron chi connectivity index (χ2n) is 5.75. The lowest BCUT2D eigenvalue weighted by Gasteiger charge is -2.29. The van der Waals surface area contributed by atoms with Crippen molar-refractivity contribution in [2.24, 2.45) is 0 Å². The summed E-state index contributed by atoms with van der Waals surface area (Å²) in [4.78, 5) is 12.5. The quantitative estimate of drug-likeness (QED) is 0.863. The molecule has 0 aliphatic carbocycles. The highest BCUT2D eigenvalue weighted by molar-refractivity contribution is 6.42. The van der Waals surface area contributed by atoms with Crippen molar-refractivity contribution >= 4 is 41.5 Å². The number of amides is 1. The summed E-state index contributed by atoms with van der Waals surface area (Å²) >= 11 is 12.0. The highest BCUT2D eigenvalue weighted by atomic mass is 35.5. The van der Waals surface area contributed by atoms with Crippen LogP contribution in [0.1, 0.15) is 36.0 Å². The SMILES string of the molecule is COc1cc(Cl)c(Cl)cc1C(=O)NC1CC2CCC(C1)N2.Cl. The average molecular weight is 366 g/mol. The summed E-state index contributed by atoms with van der Waals surface area (Å²) in [5.74, 6) is 0.288. The van der Waals surface area contributed by atoms with E-state index in [9.17, 15) is 4.79 Å². The van der Waals surface area contributed by atoms with E-state index < -0.39 is 0 Å². The van der Waals surface area contributed by atoms with Gasteiger partial charge in [-0.05, 0) is 31.7 Å². The molecule has 2 fully saturated rings.